The summed E-state index contributed by atoms with van der Waals surface area (Å²) in [5.74, 6) is -0.0382. The number of hydrogen-bond donors (Lipinski definition) is 1. The SMILES string of the molecule is C=CC(=O)c1[nH]c(C)c(C)c1C. The van der Waals surface area contributed by atoms with E-state index in [1.807, 2.05) is 20.8 Å². The van der Waals surface area contributed by atoms with Gasteiger partial charge < -0.3 is 4.98 Å². The van der Waals surface area contributed by atoms with Gasteiger partial charge in [0.1, 0.15) is 0 Å². The Morgan fingerprint density at radius 3 is 2.25 bits per heavy atom. The van der Waals surface area contributed by atoms with Gasteiger partial charge in [-0.2, -0.15) is 0 Å². The summed E-state index contributed by atoms with van der Waals surface area (Å²) in [4.78, 5) is 14.3. The van der Waals surface area contributed by atoms with Gasteiger partial charge in [0.25, 0.3) is 0 Å². The second kappa shape index (κ2) is 2.97. The van der Waals surface area contributed by atoms with Crippen molar-refractivity contribution in [2.45, 2.75) is 20.8 Å². The Bertz CT molecular complexity index is 334. The molecule has 0 atom stereocenters. The highest BCUT2D eigenvalue weighted by atomic mass is 16.1. The van der Waals surface area contributed by atoms with Crippen LogP contribution in [0.5, 0.6) is 0 Å². The molecule has 64 valence electrons. The first-order valence-electron chi connectivity index (χ1n) is 3.90. The molecule has 1 heterocycles. The number of nitrogens with one attached hydrogen (secondary N) is 1. The standard InChI is InChI=1S/C10H13NO/c1-5-9(12)10-7(3)6(2)8(4)11-10/h5,11H,1H2,2-4H3. The smallest absolute Gasteiger partial charge is 0.201 e. The third kappa shape index (κ3) is 1.20. The van der Waals surface area contributed by atoms with Crippen molar-refractivity contribution < 1.29 is 4.79 Å². The molecule has 0 aliphatic carbocycles. The predicted molar refractivity (Wildman–Crippen MR) is 49.5 cm³/mol. The molecule has 0 saturated heterocycles. The number of carbonyl (C=O) groups is 1. The van der Waals surface area contributed by atoms with Gasteiger partial charge in [0.15, 0.2) is 0 Å². The monoisotopic (exact) mass is 163 g/mol. The zero-order valence-electron chi connectivity index (χ0n) is 7.69. The van der Waals surface area contributed by atoms with Gasteiger partial charge in [0.05, 0.1) is 5.69 Å². The summed E-state index contributed by atoms with van der Waals surface area (Å²) in [7, 11) is 0. The molecule has 0 aromatic carbocycles. The van der Waals surface area contributed by atoms with Gasteiger partial charge in [-0.1, -0.05) is 6.58 Å². The van der Waals surface area contributed by atoms with Crippen LogP contribution in [0.3, 0.4) is 0 Å². The Labute approximate surface area is 72.3 Å². The van der Waals surface area contributed by atoms with Gasteiger partial charge in [-0.25, -0.2) is 0 Å². The van der Waals surface area contributed by atoms with E-state index in [0.717, 1.165) is 16.8 Å². The van der Waals surface area contributed by atoms with E-state index >= 15 is 0 Å². The Morgan fingerprint density at radius 2 is 1.92 bits per heavy atom. The van der Waals surface area contributed by atoms with E-state index in [2.05, 4.69) is 11.6 Å². The number of rotatable bonds is 2. The third-order valence-electron chi connectivity index (χ3n) is 2.24. The van der Waals surface area contributed by atoms with Crippen molar-refractivity contribution in [1.82, 2.24) is 4.98 Å². The van der Waals surface area contributed by atoms with Crippen LogP contribution >= 0.6 is 0 Å². The van der Waals surface area contributed by atoms with Crippen molar-refractivity contribution in [3.05, 3.63) is 35.2 Å². The predicted octanol–water partition coefficient (Wildman–Crippen LogP) is 2.31. The summed E-state index contributed by atoms with van der Waals surface area (Å²) in [5.41, 5.74) is 3.90. The van der Waals surface area contributed by atoms with E-state index in [-0.39, 0.29) is 5.78 Å². The Balaban J connectivity index is 3.26. The van der Waals surface area contributed by atoms with Crippen molar-refractivity contribution >= 4 is 5.78 Å². The fraction of sp³-hybridized carbons (Fsp3) is 0.300. The molecule has 0 fully saturated rings. The Hall–Kier alpha value is -1.31. The molecule has 0 aliphatic heterocycles. The maximum absolute atomic E-state index is 11.3. The van der Waals surface area contributed by atoms with E-state index in [1.165, 1.54) is 6.08 Å². The fourth-order valence-corrected chi connectivity index (χ4v) is 1.19. The van der Waals surface area contributed by atoms with E-state index < -0.39 is 0 Å². The minimum atomic E-state index is -0.0382. The average Bonchev–Trinajstić information content (AvgIpc) is 2.32. The number of hydrogen-bond acceptors (Lipinski definition) is 1. The van der Waals surface area contributed by atoms with Gasteiger partial charge in [-0.15, -0.1) is 0 Å². The number of carbonyl (C=O) groups excluding carboxylic acids is 1. The van der Waals surface area contributed by atoms with Gasteiger partial charge in [0.2, 0.25) is 5.78 Å². The highest BCUT2D eigenvalue weighted by Gasteiger charge is 2.11. The lowest BCUT2D eigenvalue weighted by molar-refractivity contribution is 0.104. The maximum Gasteiger partial charge on any atom is 0.201 e. The average molecular weight is 163 g/mol. The van der Waals surface area contributed by atoms with Crippen LogP contribution < -0.4 is 0 Å². The molecular formula is C10H13NO. The lowest BCUT2D eigenvalue weighted by atomic mass is 10.1. The topological polar surface area (TPSA) is 32.9 Å². The molecule has 0 aliphatic rings. The van der Waals surface area contributed by atoms with Gasteiger partial charge in [0, 0.05) is 5.69 Å². The summed E-state index contributed by atoms with van der Waals surface area (Å²) >= 11 is 0. The number of ketones is 1. The molecule has 2 nitrogen and oxygen atoms in total. The van der Waals surface area contributed by atoms with Crippen LogP contribution in [0.1, 0.15) is 27.3 Å². The van der Waals surface area contributed by atoms with Crippen LogP contribution in [0.25, 0.3) is 0 Å². The van der Waals surface area contributed by atoms with Crippen molar-refractivity contribution in [2.24, 2.45) is 0 Å². The van der Waals surface area contributed by atoms with E-state index in [1.54, 1.807) is 0 Å². The van der Waals surface area contributed by atoms with Gasteiger partial charge in [-0.3, -0.25) is 4.79 Å². The number of aromatic amines is 1. The zero-order chi connectivity index (χ0) is 9.30. The van der Waals surface area contributed by atoms with E-state index in [9.17, 15) is 4.79 Å². The quantitative estimate of drug-likeness (QED) is 0.526. The number of H-pyrrole nitrogens is 1. The summed E-state index contributed by atoms with van der Waals surface area (Å²) in [6.45, 7) is 9.35. The zero-order valence-corrected chi connectivity index (χ0v) is 7.69. The Kier molecular flexibility index (Phi) is 2.18. The maximum atomic E-state index is 11.3. The molecule has 0 radical (unpaired) electrons. The van der Waals surface area contributed by atoms with Crippen molar-refractivity contribution in [2.75, 3.05) is 0 Å². The second-order valence-electron chi connectivity index (χ2n) is 2.94. The summed E-state index contributed by atoms with van der Waals surface area (Å²) in [6.07, 6.45) is 1.33. The summed E-state index contributed by atoms with van der Waals surface area (Å²) in [6, 6.07) is 0. The first kappa shape index (κ1) is 8.78. The summed E-state index contributed by atoms with van der Waals surface area (Å²) in [5, 5.41) is 0. The van der Waals surface area contributed by atoms with Crippen molar-refractivity contribution in [3.63, 3.8) is 0 Å². The van der Waals surface area contributed by atoms with Crippen LogP contribution in [0.15, 0.2) is 12.7 Å². The molecule has 12 heavy (non-hydrogen) atoms. The van der Waals surface area contributed by atoms with Crippen LogP contribution in [0.4, 0.5) is 0 Å². The molecular weight excluding hydrogens is 150 g/mol. The lowest BCUT2D eigenvalue weighted by Gasteiger charge is -1.92. The molecule has 1 aromatic heterocycles. The highest BCUT2D eigenvalue weighted by molar-refractivity contribution is 6.04. The first-order chi connectivity index (χ1) is 5.57. The number of allylic oxidation sites excluding steroid dienone is 1. The minimum Gasteiger partial charge on any atom is -0.356 e. The molecule has 0 saturated carbocycles. The van der Waals surface area contributed by atoms with Crippen LogP contribution in [0, 0.1) is 20.8 Å². The lowest BCUT2D eigenvalue weighted by Crippen LogP contribution is -1.96. The largest absolute Gasteiger partial charge is 0.356 e. The highest BCUT2D eigenvalue weighted by Crippen LogP contribution is 2.16. The fourth-order valence-electron chi connectivity index (χ4n) is 1.19. The third-order valence-corrected chi connectivity index (χ3v) is 2.24. The molecule has 1 aromatic rings. The van der Waals surface area contributed by atoms with Gasteiger partial charge >= 0.3 is 0 Å². The van der Waals surface area contributed by atoms with E-state index in [0.29, 0.717) is 5.69 Å². The van der Waals surface area contributed by atoms with Crippen LogP contribution in [-0.2, 0) is 0 Å². The number of aromatic nitrogens is 1. The van der Waals surface area contributed by atoms with Gasteiger partial charge in [-0.05, 0) is 38.0 Å². The number of aryl methyl sites for hydroxylation is 1. The normalized spacial score (nSPS) is 9.92. The van der Waals surface area contributed by atoms with Crippen molar-refractivity contribution in [3.8, 4) is 0 Å². The molecule has 0 unspecified atom stereocenters. The minimum absolute atomic E-state index is 0.0382. The second-order valence-corrected chi connectivity index (χ2v) is 2.94. The molecule has 0 amide bonds. The molecule has 0 spiro atoms. The van der Waals surface area contributed by atoms with E-state index in [4.69, 9.17) is 0 Å². The molecule has 0 bridgehead atoms. The molecule has 1 rings (SSSR count). The van der Waals surface area contributed by atoms with Crippen LogP contribution in [0.2, 0.25) is 0 Å². The Morgan fingerprint density at radius 1 is 1.33 bits per heavy atom. The summed E-state index contributed by atoms with van der Waals surface area (Å²) < 4.78 is 0. The molecule has 1 N–H and O–H groups in total. The van der Waals surface area contributed by atoms with Crippen LogP contribution in [-0.4, -0.2) is 10.8 Å². The van der Waals surface area contributed by atoms with Crippen molar-refractivity contribution in [1.29, 1.82) is 0 Å². The first-order valence-corrected chi connectivity index (χ1v) is 3.90. The molecule has 2 heteroatoms.